The first kappa shape index (κ1) is 20.7. The van der Waals surface area contributed by atoms with Crippen molar-refractivity contribution in [1.82, 2.24) is 0 Å². The van der Waals surface area contributed by atoms with Gasteiger partial charge in [-0.25, -0.2) is 0 Å². The highest BCUT2D eigenvalue weighted by Crippen LogP contribution is 2.28. The van der Waals surface area contributed by atoms with Gasteiger partial charge in [0.2, 0.25) is 0 Å². The topological polar surface area (TPSA) is 24.7 Å². The van der Waals surface area contributed by atoms with Crippen LogP contribution in [0.5, 0.6) is 0 Å². The van der Waals surface area contributed by atoms with Crippen LogP contribution < -0.4 is 0 Å². The summed E-state index contributed by atoms with van der Waals surface area (Å²) in [7, 11) is 0. The standard InChI is InChI=1S/C29H28N2/c1-4-9-24-17-15-23(18-28(24)26-12-7-5-10-21(26)2)19-30-31-20-29-22(3)14-16-25-11-6-8-13-27(25)29/h5-8,10-20H,4,9H2,1-3H3/b30-19+,31-20+. The zero-order chi connectivity index (χ0) is 21.6. The average Bonchev–Trinajstić information content (AvgIpc) is 2.79. The highest BCUT2D eigenvalue weighted by molar-refractivity contribution is 6.01. The number of hydrogen-bond acceptors (Lipinski definition) is 2. The van der Waals surface area contributed by atoms with Crippen molar-refractivity contribution >= 4 is 23.2 Å². The highest BCUT2D eigenvalue weighted by atomic mass is 15.2. The number of fused-ring (bicyclic) bond motifs is 1. The Morgan fingerprint density at radius 3 is 2.32 bits per heavy atom. The van der Waals surface area contributed by atoms with E-state index in [2.05, 4.69) is 110 Å². The van der Waals surface area contributed by atoms with E-state index in [-0.39, 0.29) is 0 Å². The summed E-state index contributed by atoms with van der Waals surface area (Å²) in [6, 6.07) is 27.8. The van der Waals surface area contributed by atoms with Gasteiger partial charge in [-0.2, -0.15) is 10.2 Å². The molecular formula is C29H28N2. The van der Waals surface area contributed by atoms with E-state index in [1.807, 2.05) is 12.4 Å². The molecule has 2 nitrogen and oxygen atoms in total. The predicted molar refractivity (Wildman–Crippen MR) is 134 cm³/mol. The second-order valence-electron chi connectivity index (χ2n) is 7.99. The third-order valence-electron chi connectivity index (χ3n) is 5.74. The summed E-state index contributed by atoms with van der Waals surface area (Å²) in [5.41, 5.74) is 8.62. The molecule has 0 aliphatic heterocycles. The van der Waals surface area contributed by atoms with Crippen LogP contribution in [0.1, 0.15) is 41.2 Å². The summed E-state index contributed by atoms with van der Waals surface area (Å²) in [6.07, 6.45) is 5.90. The molecule has 0 bridgehead atoms. The van der Waals surface area contributed by atoms with Crippen LogP contribution in [0.25, 0.3) is 21.9 Å². The summed E-state index contributed by atoms with van der Waals surface area (Å²) < 4.78 is 0. The summed E-state index contributed by atoms with van der Waals surface area (Å²) in [4.78, 5) is 0. The predicted octanol–water partition coefficient (Wildman–Crippen LogP) is 7.53. The van der Waals surface area contributed by atoms with Crippen molar-refractivity contribution < 1.29 is 0 Å². The van der Waals surface area contributed by atoms with Crippen LogP contribution in [0.3, 0.4) is 0 Å². The second-order valence-corrected chi connectivity index (χ2v) is 7.99. The lowest BCUT2D eigenvalue weighted by molar-refractivity contribution is 0.923. The molecule has 4 aromatic rings. The van der Waals surface area contributed by atoms with Crippen LogP contribution in [0.4, 0.5) is 0 Å². The Bertz CT molecular complexity index is 1260. The first-order valence-corrected chi connectivity index (χ1v) is 10.9. The number of aryl methyl sites for hydroxylation is 3. The fraction of sp³-hybridized carbons (Fsp3) is 0.172. The van der Waals surface area contributed by atoms with Gasteiger partial charge < -0.3 is 0 Å². The monoisotopic (exact) mass is 404 g/mol. The van der Waals surface area contributed by atoms with Gasteiger partial charge in [0.1, 0.15) is 0 Å². The molecule has 0 spiro atoms. The summed E-state index contributed by atoms with van der Waals surface area (Å²) in [5, 5.41) is 11.1. The molecule has 0 aromatic heterocycles. The Balaban J connectivity index is 1.64. The molecule has 4 aromatic carbocycles. The first-order valence-electron chi connectivity index (χ1n) is 10.9. The van der Waals surface area contributed by atoms with Crippen molar-refractivity contribution in [1.29, 1.82) is 0 Å². The van der Waals surface area contributed by atoms with Gasteiger partial charge in [-0.15, -0.1) is 0 Å². The first-order chi connectivity index (χ1) is 15.2. The summed E-state index contributed by atoms with van der Waals surface area (Å²) in [6.45, 7) is 6.50. The van der Waals surface area contributed by atoms with Crippen molar-refractivity contribution in [3.8, 4) is 11.1 Å². The fourth-order valence-corrected chi connectivity index (χ4v) is 4.05. The van der Waals surface area contributed by atoms with E-state index in [1.54, 1.807) is 0 Å². The molecule has 0 heterocycles. The maximum absolute atomic E-state index is 4.37. The molecule has 0 saturated heterocycles. The van der Waals surface area contributed by atoms with Crippen molar-refractivity contribution in [3.63, 3.8) is 0 Å². The van der Waals surface area contributed by atoms with Gasteiger partial charge in [-0.3, -0.25) is 0 Å². The maximum atomic E-state index is 4.37. The third-order valence-corrected chi connectivity index (χ3v) is 5.74. The van der Waals surface area contributed by atoms with E-state index in [9.17, 15) is 0 Å². The number of hydrogen-bond donors (Lipinski definition) is 0. The molecule has 2 heteroatoms. The number of rotatable bonds is 6. The van der Waals surface area contributed by atoms with E-state index in [1.165, 1.54) is 38.6 Å². The summed E-state index contributed by atoms with van der Waals surface area (Å²) >= 11 is 0. The molecule has 0 aliphatic carbocycles. The van der Waals surface area contributed by atoms with Crippen LogP contribution in [0, 0.1) is 13.8 Å². The van der Waals surface area contributed by atoms with Crippen molar-refractivity contribution in [2.24, 2.45) is 10.2 Å². The van der Waals surface area contributed by atoms with Crippen LogP contribution in [-0.4, -0.2) is 12.4 Å². The zero-order valence-electron chi connectivity index (χ0n) is 18.5. The maximum Gasteiger partial charge on any atom is 0.0576 e. The molecule has 0 atom stereocenters. The average molecular weight is 405 g/mol. The SMILES string of the molecule is CCCc1ccc(/C=N/N=C/c2c(C)ccc3ccccc23)cc1-c1ccccc1C. The Labute approximate surface area is 185 Å². The molecule has 0 N–H and O–H groups in total. The van der Waals surface area contributed by atoms with Gasteiger partial charge in [0.25, 0.3) is 0 Å². The van der Waals surface area contributed by atoms with Gasteiger partial charge in [0.05, 0.1) is 12.4 Å². The highest BCUT2D eigenvalue weighted by Gasteiger charge is 2.08. The van der Waals surface area contributed by atoms with Gasteiger partial charge in [0.15, 0.2) is 0 Å². The van der Waals surface area contributed by atoms with Gasteiger partial charge in [-0.05, 0) is 70.5 Å². The van der Waals surface area contributed by atoms with Gasteiger partial charge >= 0.3 is 0 Å². The van der Waals surface area contributed by atoms with E-state index in [0.29, 0.717) is 0 Å². The smallest absolute Gasteiger partial charge is 0.0576 e. The molecule has 0 aliphatic rings. The van der Waals surface area contributed by atoms with Gasteiger partial charge in [-0.1, -0.05) is 86.1 Å². The van der Waals surface area contributed by atoms with Gasteiger partial charge in [0, 0.05) is 5.56 Å². The van der Waals surface area contributed by atoms with E-state index in [0.717, 1.165) is 24.0 Å². The molecule has 0 saturated carbocycles. The molecular weight excluding hydrogens is 376 g/mol. The molecule has 154 valence electrons. The molecule has 0 radical (unpaired) electrons. The largest absolute Gasteiger partial charge is 0.159 e. The fourth-order valence-electron chi connectivity index (χ4n) is 4.05. The van der Waals surface area contributed by atoms with Crippen LogP contribution >= 0.6 is 0 Å². The Hall–Kier alpha value is -3.52. The van der Waals surface area contributed by atoms with Crippen molar-refractivity contribution in [2.45, 2.75) is 33.6 Å². The second kappa shape index (κ2) is 9.53. The van der Waals surface area contributed by atoms with E-state index < -0.39 is 0 Å². The molecule has 0 unspecified atom stereocenters. The lowest BCUT2D eigenvalue weighted by Gasteiger charge is -2.12. The number of nitrogens with zero attached hydrogens (tertiary/aromatic N) is 2. The van der Waals surface area contributed by atoms with E-state index in [4.69, 9.17) is 0 Å². The minimum Gasteiger partial charge on any atom is -0.159 e. The van der Waals surface area contributed by atoms with Crippen molar-refractivity contribution in [3.05, 3.63) is 107 Å². The zero-order valence-corrected chi connectivity index (χ0v) is 18.5. The summed E-state index contributed by atoms with van der Waals surface area (Å²) in [5.74, 6) is 0. The molecule has 4 rings (SSSR count). The third kappa shape index (κ3) is 4.64. The minimum atomic E-state index is 1.06. The lowest BCUT2D eigenvalue weighted by atomic mass is 9.92. The van der Waals surface area contributed by atoms with Crippen molar-refractivity contribution in [2.75, 3.05) is 0 Å². The Morgan fingerprint density at radius 1 is 0.710 bits per heavy atom. The minimum absolute atomic E-state index is 1.06. The Morgan fingerprint density at radius 2 is 1.48 bits per heavy atom. The van der Waals surface area contributed by atoms with E-state index >= 15 is 0 Å². The Kier molecular flexibility index (Phi) is 6.37. The molecule has 0 fully saturated rings. The lowest BCUT2D eigenvalue weighted by Crippen LogP contribution is -1.94. The number of benzene rings is 4. The quantitative estimate of drug-likeness (QED) is 0.234. The molecule has 31 heavy (non-hydrogen) atoms. The van der Waals surface area contributed by atoms with Crippen LogP contribution in [0.15, 0.2) is 89.1 Å². The normalized spacial score (nSPS) is 11.7. The molecule has 0 amide bonds. The van der Waals surface area contributed by atoms with Crippen LogP contribution in [0.2, 0.25) is 0 Å². The van der Waals surface area contributed by atoms with Crippen LogP contribution in [-0.2, 0) is 6.42 Å².